The van der Waals surface area contributed by atoms with Crippen LogP contribution in [0.25, 0.3) is 0 Å². The van der Waals surface area contributed by atoms with E-state index in [-0.39, 0.29) is 17.5 Å². The highest BCUT2D eigenvalue weighted by Gasteiger charge is 2.26. The molecule has 136 valence electrons. The number of rotatable bonds is 3. The summed E-state index contributed by atoms with van der Waals surface area (Å²) in [7, 11) is 0. The lowest BCUT2D eigenvalue weighted by Crippen LogP contribution is -2.39. The Kier molecular flexibility index (Phi) is 4.69. The van der Waals surface area contributed by atoms with Crippen LogP contribution < -0.4 is 10.6 Å². The second kappa shape index (κ2) is 7.27. The van der Waals surface area contributed by atoms with Gasteiger partial charge in [0.2, 0.25) is 0 Å². The van der Waals surface area contributed by atoms with Crippen LogP contribution in [0.5, 0.6) is 0 Å². The van der Waals surface area contributed by atoms with Crippen LogP contribution in [-0.4, -0.2) is 51.9 Å². The summed E-state index contributed by atoms with van der Waals surface area (Å²) in [5, 5.41) is 0. The lowest BCUT2D eigenvalue weighted by molar-refractivity contribution is 0.0705. The summed E-state index contributed by atoms with van der Waals surface area (Å²) in [6.45, 7) is 3.36. The van der Waals surface area contributed by atoms with Crippen LogP contribution >= 0.6 is 0 Å². The van der Waals surface area contributed by atoms with Crippen LogP contribution in [0.3, 0.4) is 0 Å². The van der Waals surface area contributed by atoms with Crippen molar-refractivity contribution in [3.63, 3.8) is 0 Å². The molecule has 0 radical (unpaired) electrons. The predicted molar refractivity (Wildman–Crippen MR) is 98.4 cm³/mol. The van der Waals surface area contributed by atoms with E-state index in [9.17, 15) is 9.59 Å². The maximum absolute atomic E-state index is 13.0. The molecule has 2 aliphatic heterocycles. The van der Waals surface area contributed by atoms with E-state index in [1.54, 1.807) is 12.3 Å². The van der Waals surface area contributed by atoms with Gasteiger partial charge in [0, 0.05) is 55.7 Å². The van der Waals surface area contributed by atoms with Gasteiger partial charge in [-0.05, 0) is 43.9 Å². The number of nitrogens with zero attached hydrogens (tertiary/aromatic N) is 4. The molecule has 1 unspecified atom stereocenters. The average Bonchev–Trinajstić information content (AvgIpc) is 3.22. The number of aromatic nitrogens is 3. The van der Waals surface area contributed by atoms with Crippen LogP contribution in [0.4, 0.5) is 5.82 Å². The highest BCUT2D eigenvalue weighted by Crippen LogP contribution is 2.26. The topological polar surface area (TPSA) is 82.2 Å². The zero-order valence-electron chi connectivity index (χ0n) is 14.7. The quantitative estimate of drug-likeness (QED) is 0.910. The minimum absolute atomic E-state index is 0.0361. The van der Waals surface area contributed by atoms with E-state index in [2.05, 4.69) is 19.9 Å². The Morgan fingerprint density at radius 2 is 1.88 bits per heavy atom. The minimum atomic E-state index is -0.338. The molecular weight excluding hydrogens is 330 g/mol. The van der Waals surface area contributed by atoms with Crippen LogP contribution in [0.15, 0.2) is 35.4 Å². The first-order chi connectivity index (χ1) is 12.7. The van der Waals surface area contributed by atoms with E-state index in [4.69, 9.17) is 0 Å². The second-order valence-corrected chi connectivity index (χ2v) is 7.02. The van der Waals surface area contributed by atoms with Crippen molar-refractivity contribution in [2.75, 3.05) is 31.1 Å². The van der Waals surface area contributed by atoms with E-state index in [0.717, 1.165) is 44.0 Å². The van der Waals surface area contributed by atoms with Crippen molar-refractivity contribution < 1.29 is 4.79 Å². The standard InChI is InChI=1S/C19H23N5O2/c25-18(14-5-7-20-17(12-14)23-9-1-2-10-23)24-11-3-4-15(13-24)16-6-8-21-19(26)22-16/h5-8,12,15H,1-4,9-11,13H2,(H,21,22,26). The van der Waals surface area contributed by atoms with Crippen molar-refractivity contribution in [3.8, 4) is 0 Å². The van der Waals surface area contributed by atoms with E-state index >= 15 is 0 Å². The molecule has 7 heteroatoms. The van der Waals surface area contributed by atoms with Gasteiger partial charge in [-0.3, -0.25) is 4.79 Å². The Morgan fingerprint density at radius 3 is 2.69 bits per heavy atom. The SMILES string of the molecule is O=C(c1ccnc(N2CCCC2)c1)N1CCCC(c2ccnc(=O)[nH]2)C1. The molecule has 0 bridgehead atoms. The van der Waals surface area contributed by atoms with Crippen LogP contribution in [-0.2, 0) is 0 Å². The normalized spacial score (nSPS) is 20.4. The number of anilines is 1. The predicted octanol–water partition coefficient (Wildman–Crippen LogP) is 1.78. The van der Waals surface area contributed by atoms with Crippen molar-refractivity contribution in [3.05, 3.63) is 52.3 Å². The summed E-state index contributed by atoms with van der Waals surface area (Å²) in [5.74, 6) is 1.07. The number of carbonyl (C=O) groups is 1. The van der Waals surface area contributed by atoms with Crippen molar-refractivity contribution in [2.45, 2.75) is 31.6 Å². The van der Waals surface area contributed by atoms with Crippen molar-refractivity contribution in [1.29, 1.82) is 0 Å². The number of hydrogen-bond donors (Lipinski definition) is 1. The number of H-pyrrole nitrogens is 1. The molecule has 4 heterocycles. The molecule has 2 fully saturated rings. The van der Waals surface area contributed by atoms with Gasteiger partial charge < -0.3 is 14.8 Å². The van der Waals surface area contributed by atoms with Gasteiger partial charge in [-0.2, -0.15) is 0 Å². The van der Waals surface area contributed by atoms with Crippen molar-refractivity contribution in [2.24, 2.45) is 0 Å². The summed E-state index contributed by atoms with van der Waals surface area (Å²) in [4.78, 5) is 39.5. The highest BCUT2D eigenvalue weighted by molar-refractivity contribution is 5.95. The summed E-state index contributed by atoms with van der Waals surface area (Å²) < 4.78 is 0. The monoisotopic (exact) mass is 353 g/mol. The second-order valence-electron chi connectivity index (χ2n) is 7.02. The zero-order valence-corrected chi connectivity index (χ0v) is 14.7. The molecule has 1 amide bonds. The maximum atomic E-state index is 13.0. The number of pyridine rings is 1. The lowest BCUT2D eigenvalue weighted by atomic mass is 9.94. The molecule has 2 saturated heterocycles. The summed E-state index contributed by atoms with van der Waals surface area (Å²) in [6.07, 6.45) is 7.49. The van der Waals surface area contributed by atoms with Crippen molar-refractivity contribution in [1.82, 2.24) is 19.9 Å². The van der Waals surface area contributed by atoms with E-state index < -0.39 is 0 Å². The third-order valence-corrected chi connectivity index (χ3v) is 5.27. The van der Waals surface area contributed by atoms with Crippen LogP contribution in [0.2, 0.25) is 0 Å². The first kappa shape index (κ1) is 16.8. The van der Waals surface area contributed by atoms with Crippen LogP contribution in [0.1, 0.15) is 47.7 Å². The number of likely N-dealkylation sites (tertiary alicyclic amines) is 1. The molecule has 0 aliphatic carbocycles. The summed E-state index contributed by atoms with van der Waals surface area (Å²) in [5.41, 5.74) is 1.20. The molecule has 0 aromatic carbocycles. The maximum Gasteiger partial charge on any atom is 0.345 e. The van der Waals surface area contributed by atoms with Gasteiger partial charge in [0.25, 0.3) is 5.91 Å². The number of aromatic amines is 1. The van der Waals surface area contributed by atoms with Gasteiger partial charge in [-0.15, -0.1) is 0 Å². The number of nitrogens with one attached hydrogen (secondary N) is 1. The summed E-state index contributed by atoms with van der Waals surface area (Å²) >= 11 is 0. The zero-order chi connectivity index (χ0) is 17.9. The van der Waals surface area contributed by atoms with Gasteiger partial charge in [-0.25, -0.2) is 14.8 Å². The van der Waals surface area contributed by atoms with Gasteiger partial charge in [0.1, 0.15) is 5.82 Å². The Labute approximate surface area is 152 Å². The molecule has 1 N–H and O–H groups in total. The molecule has 0 saturated carbocycles. The molecule has 2 aromatic rings. The molecule has 2 aliphatic rings. The van der Waals surface area contributed by atoms with Gasteiger partial charge in [-0.1, -0.05) is 0 Å². The first-order valence-electron chi connectivity index (χ1n) is 9.26. The van der Waals surface area contributed by atoms with Gasteiger partial charge in [0.15, 0.2) is 0 Å². The third-order valence-electron chi connectivity index (χ3n) is 5.27. The smallest absolute Gasteiger partial charge is 0.345 e. The Hall–Kier alpha value is -2.70. The first-order valence-corrected chi connectivity index (χ1v) is 9.26. The fourth-order valence-corrected chi connectivity index (χ4v) is 3.89. The number of hydrogen-bond acceptors (Lipinski definition) is 5. The van der Waals surface area contributed by atoms with E-state index in [0.29, 0.717) is 12.1 Å². The average molecular weight is 353 g/mol. The molecule has 4 rings (SSSR count). The number of carbonyl (C=O) groups excluding carboxylic acids is 1. The molecule has 26 heavy (non-hydrogen) atoms. The van der Waals surface area contributed by atoms with Gasteiger partial charge in [0.05, 0.1) is 0 Å². The van der Waals surface area contributed by atoms with Gasteiger partial charge >= 0.3 is 5.69 Å². The molecule has 0 spiro atoms. The number of piperidine rings is 1. The Morgan fingerprint density at radius 1 is 1.08 bits per heavy atom. The van der Waals surface area contributed by atoms with E-state index in [1.807, 2.05) is 17.0 Å². The molecular formula is C19H23N5O2. The Balaban J connectivity index is 1.50. The van der Waals surface area contributed by atoms with E-state index in [1.165, 1.54) is 19.0 Å². The third kappa shape index (κ3) is 3.47. The molecule has 7 nitrogen and oxygen atoms in total. The summed E-state index contributed by atoms with van der Waals surface area (Å²) in [6, 6.07) is 5.53. The lowest BCUT2D eigenvalue weighted by Gasteiger charge is -2.33. The van der Waals surface area contributed by atoms with Crippen LogP contribution in [0, 0.1) is 0 Å². The minimum Gasteiger partial charge on any atom is -0.357 e. The largest absolute Gasteiger partial charge is 0.357 e. The van der Waals surface area contributed by atoms with Crippen molar-refractivity contribution >= 4 is 11.7 Å². The molecule has 2 aromatic heterocycles. The fourth-order valence-electron chi connectivity index (χ4n) is 3.89. The fraction of sp³-hybridized carbons (Fsp3) is 0.474. The Bertz CT molecular complexity index is 844. The highest BCUT2D eigenvalue weighted by atomic mass is 16.2. The molecule has 1 atom stereocenters. The number of amides is 1.